The molecule has 1 aromatic heterocycles. The molecule has 0 bridgehead atoms. The van der Waals surface area contributed by atoms with Gasteiger partial charge in [0.05, 0.1) is 5.56 Å². The molecule has 2 N–H and O–H groups in total. The number of aromatic nitrogens is 1. The van der Waals surface area contributed by atoms with Gasteiger partial charge in [0.2, 0.25) is 0 Å². The minimum atomic E-state index is -0.536. The van der Waals surface area contributed by atoms with E-state index in [0.717, 1.165) is 5.56 Å². The van der Waals surface area contributed by atoms with Crippen molar-refractivity contribution in [1.82, 2.24) is 10.3 Å². The van der Waals surface area contributed by atoms with Gasteiger partial charge in [-0.3, -0.25) is 4.79 Å². The predicted octanol–water partition coefficient (Wildman–Crippen LogP) is 2.85. The molecule has 17 heavy (non-hydrogen) atoms. The summed E-state index contributed by atoms with van der Waals surface area (Å²) < 4.78 is 14.1. The van der Waals surface area contributed by atoms with Crippen molar-refractivity contribution in [3.8, 4) is 0 Å². The van der Waals surface area contributed by atoms with Crippen LogP contribution in [0, 0.1) is 5.82 Å². The number of aromatic amines is 1. The van der Waals surface area contributed by atoms with E-state index >= 15 is 0 Å². The van der Waals surface area contributed by atoms with Crippen LogP contribution in [-0.2, 0) is 6.54 Å². The van der Waals surface area contributed by atoms with Crippen LogP contribution < -0.4 is 5.32 Å². The van der Waals surface area contributed by atoms with Crippen LogP contribution in [0.15, 0.2) is 41.1 Å². The molecule has 0 saturated heterocycles. The number of amides is 1. The predicted molar refractivity (Wildman–Crippen MR) is 66.1 cm³/mol. The van der Waals surface area contributed by atoms with Gasteiger partial charge in [0, 0.05) is 23.4 Å². The molecule has 0 fully saturated rings. The van der Waals surface area contributed by atoms with Crippen molar-refractivity contribution in [2.75, 3.05) is 0 Å². The van der Waals surface area contributed by atoms with Crippen molar-refractivity contribution in [1.29, 1.82) is 0 Å². The summed E-state index contributed by atoms with van der Waals surface area (Å²) in [7, 11) is 0. The summed E-state index contributed by atoms with van der Waals surface area (Å²) in [5, 5.41) is 2.65. The van der Waals surface area contributed by atoms with Gasteiger partial charge in [-0.05, 0) is 29.8 Å². The third kappa shape index (κ3) is 2.94. The second kappa shape index (κ2) is 5.14. The van der Waals surface area contributed by atoms with Crippen LogP contribution in [0.3, 0.4) is 0 Å². The normalized spacial score (nSPS) is 10.2. The number of carbonyl (C=O) groups is 1. The van der Waals surface area contributed by atoms with Crippen LogP contribution in [0.25, 0.3) is 0 Å². The number of hydrogen-bond acceptors (Lipinski definition) is 1. The first-order valence-electron chi connectivity index (χ1n) is 5.02. The Morgan fingerprint density at radius 3 is 2.88 bits per heavy atom. The zero-order valence-electron chi connectivity index (χ0n) is 8.84. The molecular formula is C12H10BrFN2O. The third-order valence-corrected chi connectivity index (χ3v) is 2.78. The van der Waals surface area contributed by atoms with E-state index in [1.807, 2.05) is 6.07 Å². The van der Waals surface area contributed by atoms with Crippen LogP contribution in [0.5, 0.6) is 0 Å². The second-order valence-electron chi connectivity index (χ2n) is 3.53. The summed E-state index contributed by atoms with van der Waals surface area (Å²) in [5.74, 6) is -0.956. The number of H-pyrrole nitrogens is 1. The van der Waals surface area contributed by atoms with E-state index in [2.05, 4.69) is 26.2 Å². The lowest BCUT2D eigenvalue weighted by molar-refractivity contribution is 0.0947. The quantitative estimate of drug-likeness (QED) is 0.899. The highest BCUT2D eigenvalue weighted by molar-refractivity contribution is 9.10. The summed E-state index contributed by atoms with van der Waals surface area (Å²) >= 11 is 3.14. The number of rotatable bonds is 3. The SMILES string of the molecule is O=C(NCc1cc[nH]c1)c1ccc(Br)cc1F. The van der Waals surface area contributed by atoms with Gasteiger partial charge in [-0.1, -0.05) is 15.9 Å². The molecule has 2 rings (SSSR count). The lowest BCUT2D eigenvalue weighted by Crippen LogP contribution is -2.23. The molecule has 0 atom stereocenters. The standard InChI is InChI=1S/C12H10BrFN2O/c13-9-1-2-10(11(14)5-9)12(17)16-7-8-3-4-15-6-8/h1-6,15H,7H2,(H,16,17). The van der Waals surface area contributed by atoms with Crippen LogP contribution in [0.4, 0.5) is 4.39 Å². The number of nitrogens with one attached hydrogen (secondary N) is 2. The minimum Gasteiger partial charge on any atom is -0.367 e. The first-order valence-corrected chi connectivity index (χ1v) is 5.81. The van der Waals surface area contributed by atoms with E-state index in [9.17, 15) is 9.18 Å². The topological polar surface area (TPSA) is 44.9 Å². The molecule has 1 amide bonds. The van der Waals surface area contributed by atoms with Gasteiger partial charge in [0.1, 0.15) is 5.82 Å². The van der Waals surface area contributed by atoms with Crippen molar-refractivity contribution in [3.63, 3.8) is 0 Å². The molecule has 88 valence electrons. The second-order valence-corrected chi connectivity index (χ2v) is 4.44. The maximum atomic E-state index is 13.5. The lowest BCUT2D eigenvalue weighted by atomic mass is 10.2. The van der Waals surface area contributed by atoms with Gasteiger partial charge in [-0.15, -0.1) is 0 Å². The summed E-state index contributed by atoms with van der Waals surface area (Å²) in [4.78, 5) is 14.6. The average Bonchev–Trinajstić information content (AvgIpc) is 2.78. The highest BCUT2D eigenvalue weighted by Crippen LogP contribution is 2.15. The minimum absolute atomic E-state index is 0.0451. The molecule has 5 heteroatoms. The zero-order chi connectivity index (χ0) is 12.3. The van der Waals surface area contributed by atoms with E-state index in [1.54, 1.807) is 18.5 Å². The maximum absolute atomic E-state index is 13.5. The highest BCUT2D eigenvalue weighted by atomic mass is 79.9. The molecule has 3 nitrogen and oxygen atoms in total. The fourth-order valence-electron chi connectivity index (χ4n) is 1.42. The van der Waals surface area contributed by atoms with Gasteiger partial charge in [0.15, 0.2) is 0 Å². The molecular weight excluding hydrogens is 287 g/mol. The number of halogens is 2. The molecule has 1 aromatic carbocycles. The summed E-state index contributed by atoms with van der Waals surface area (Å²) in [6.07, 6.45) is 3.54. The van der Waals surface area contributed by atoms with Crippen LogP contribution in [0.1, 0.15) is 15.9 Å². The molecule has 0 spiro atoms. The van der Waals surface area contributed by atoms with E-state index < -0.39 is 11.7 Å². The number of carbonyl (C=O) groups excluding carboxylic acids is 1. The Hall–Kier alpha value is -1.62. The van der Waals surface area contributed by atoms with Gasteiger partial charge in [-0.25, -0.2) is 4.39 Å². The largest absolute Gasteiger partial charge is 0.367 e. The Morgan fingerprint density at radius 1 is 1.41 bits per heavy atom. The Labute approximate surface area is 106 Å². The molecule has 0 unspecified atom stereocenters. The van der Waals surface area contributed by atoms with Crippen LogP contribution in [-0.4, -0.2) is 10.9 Å². The summed E-state index contributed by atoms with van der Waals surface area (Å²) in [5.41, 5.74) is 0.986. The summed E-state index contributed by atoms with van der Waals surface area (Å²) in [6, 6.07) is 6.20. The van der Waals surface area contributed by atoms with Crippen LogP contribution in [0.2, 0.25) is 0 Å². The van der Waals surface area contributed by atoms with Crippen molar-refractivity contribution in [3.05, 3.63) is 58.1 Å². The molecule has 0 saturated carbocycles. The molecule has 0 aliphatic carbocycles. The van der Waals surface area contributed by atoms with Crippen molar-refractivity contribution >= 4 is 21.8 Å². The van der Waals surface area contributed by atoms with Gasteiger partial charge in [-0.2, -0.15) is 0 Å². The fourth-order valence-corrected chi connectivity index (χ4v) is 1.75. The van der Waals surface area contributed by atoms with Gasteiger partial charge < -0.3 is 10.3 Å². The number of benzene rings is 1. The fraction of sp³-hybridized carbons (Fsp3) is 0.0833. The average molecular weight is 297 g/mol. The van der Waals surface area contributed by atoms with E-state index in [1.165, 1.54) is 12.1 Å². The first kappa shape index (κ1) is 11.9. The highest BCUT2D eigenvalue weighted by Gasteiger charge is 2.11. The zero-order valence-corrected chi connectivity index (χ0v) is 10.4. The van der Waals surface area contributed by atoms with Gasteiger partial charge in [0.25, 0.3) is 5.91 Å². The molecule has 1 heterocycles. The summed E-state index contributed by atoms with van der Waals surface area (Å²) in [6.45, 7) is 0.373. The third-order valence-electron chi connectivity index (χ3n) is 2.29. The van der Waals surface area contributed by atoms with Gasteiger partial charge >= 0.3 is 0 Å². The lowest BCUT2D eigenvalue weighted by Gasteiger charge is -2.05. The smallest absolute Gasteiger partial charge is 0.254 e. The van der Waals surface area contributed by atoms with Crippen molar-refractivity contribution in [2.45, 2.75) is 6.54 Å². The Bertz CT molecular complexity index is 525. The molecule has 0 aliphatic heterocycles. The van der Waals surface area contributed by atoms with Crippen molar-refractivity contribution < 1.29 is 9.18 Å². The Balaban J connectivity index is 2.04. The molecule has 0 radical (unpaired) electrons. The Morgan fingerprint density at radius 2 is 2.24 bits per heavy atom. The molecule has 0 aliphatic rings. The van der Waals surface area contributed by atoms with E-state index in [0.29, 0.717) is 11.0 Å². The maximum Gasteiger partial charge on any atom is 0.254 e. The van der Waals surface area contributed by atoms with E-state index in [-0.39, 0.29) is 5.56 Å². The first-order chi connectivity index (χ1) is 8.16. The monoisotopic (exact) mass is 296 g/mol. The number of hydrogen-bond donors (Lipinski definition) is 2. The van der Waals surface area contributed by atoms with E-state index in [4.69, 9.17) is 0 Å². The molecule has 2 aromatic rings. The van der Waals surface area contributed by atoms with Crippen molar-refractivity contribution in [2.24, 2.45) is 0 Å². The Kier molecular flexibility index (Phi) is 3.58. The van der Waals surface area contributed by atoms with Crippen LogP contribution >= 0.6 is 15.9 Å².